The van der Waals surface area contributed by atoms with E-state index in [1.54, 1.807) is 18.2 Å². The smallest absolute Gasteiger partial charge is 0.282 e. The van der Waals surface area contributed by atoms with Gasteiger partial charge in [-0.15, -0.1) is 0 Å². The van der Waals surface area contributed by atoms with Gasteiger partial charge in [0.05, 0.1) is 11.3 Å². The summed E-state index contributed by atoms with van der Waals surface area (Å²) in [6, 6.07) is 16.2. The maximum atomic E-state index is 13.4. The number of benzene rings is 3. The van der Waals surface area contributed by atoms with Crippen LogP contribution in [0.2, 0.25) is 5.02 Å². The van der Waals surface area contributed by atoms with Gasteiger partial charge in [0, 0.05) is 10.7 Å². The molecular weight excluding hydrogens is 415 g/mol. The average molecular weight is 435 g/mol. The molecule has 0 radical (unpaired) electrons. The van der Waals surface area contributed by atoms with E-state index in [-0.39, 0.29) is 11.3 Å². The zero-order chi connectivity index (χ0) is 22.3. The summed E-state index contributed by atoms with van der Waals surface area (Å²) >= 11 is 6.24. The van der Waals surface area contributed by atoms with Crippen LogP contribution in [-0.2, 0) is 9.59 Å². The van der Waals surface area contributed by atoms with Crippen LogP contribution in [0.3, 0.4) is 0 Å². The molecule has 0 fully saturated rings. The normalized spacial score (nSPS) is 13.9. The fourth-order valence-electron chi connectivity index (χ4n) is 3.51. The Labute approximate surface area is 185 Å². The summed E-state index contributed by atoms with van der Waals surface area (Å²) < 4.78 is 13.4. The largest absolute Gasteiger partial charge is 0.350 e. The number of carbonyl (C=O) groups excluding carboxylic acids is 2. The second-order valence-corrected chi connectivity index (χ2v) is 7.92. The summed E-state index contributed by atoms with van der Waals surface area (Å²) in [6.07, 6.45) is 0. The van der Waals surface area contributed by atoms with Crippen molar-refractivity contribution in [2.45, 2.75) is 20.8 Å². The van der Waals surface area contributed by atoms with E-state index in [4.69, 9.17) is 11.6 Å². The number of rotatable bonds is 4. The van der Waals surface area contributed by atoms with Crippen LogP contribution >= 0.6 is 11.6 Å². The first kappa shape index (κ1) is 20.8. The molecule has 1 N–H and O–H groups in total. The van der Waals surface area contributed by atoms with E-state index < -0.39 is 17.6 Å². The molecule has 1 aliphatic rings. The minimum Gasteiger partial charge on any atom is -0.350 e. The Morgan fingerprint density at radius 1 is 0.871 bits per heavy atom. The number of nitrogens with one attached hydrogen (secondary N) is 1. The van der Waals surface area contributed by atoms with Crippen LogP contribution < -0.4 is 10.2 Å². The van der Waals surface area contributed by atoms with Crippen molar-refractivity contribution < 1.29 is 14.0 Å². The molecule has 0 atom stereocenters. The highest BCUT2D eigenvalue weighted by molar-refractivity contribution is 6.46. The first-order valence-corrected chi connectivity index (χ1v) is 10.1. The quantitative estimate of drug-likeness (QED) is 0.528. The summed E-state index contributed by atoms with van der Waals surface area (Å²) in [7, 11) is 0. The molecule has 0 aromatic heterocycles. The molecule has 156 valence electrons. The summed E-state index contributed by atoms with van der Waals surface area (Å²) in [5.74, 6) is -1.43. The van der Waals surface area contributed by atoms with Gasteiger partial charge in [0.1, 0.15) is 11.5 Å². The molecule has 3 aromatic carbocycles. The fraction of sp³-hybridized carbons (Fsp3) is 0.120. The molecule has 0 unspecified atom stereocenters. The SMILES string of the molecule is Cc1ccc(C2=C(Nc3cccc(Cl)c3C)C(=O)N(c3ccc(F)cc3)C2=O)cc1C. The number of anilines is 2. The standard InChI is InChI=1S/C25H20ClFN2O2/c1-14-7-8-17(13-15(14)2)22-23(28-21-6-4-5-20(26)16(21)3)25(31)29(24(22)30)19-11-9-18(27)10-12-19/h4-13,28H,1-3H3. The number of nitrogens with zero attached hydrogens (tertiary/aromatic N) is 1. The second-order valence-electron chi connectivity index (χ2n) is 7.51. The zero-order valence-electron chi connectivity index (χ0n) is 17.3. The number of aryl methyl sites for hydroxylation is 2. The molecule has 4 nitrogen and oxygen atoms in total. The molecular formula is C25H20ClFN2O2. The van der Waals surface area contributed by atoms with E-state index in [0.29, 0.717) is 22.0 Å². The van der Waals surface area contributed by atoms with Gasteiger partial charge in [-0.25, -0.2) is 9.29 Å². The Bertz CT molecular complexity index is 1250. The molecule has 0 bridgehead atoms. The third kappa shape index (κ3) is 3.73. The summed E-state index contributed by atoms with van der Waals surface area (Å²) in [4.78, 5) is 27.9. The van der Waals surface area contributed by atoms with Crippen LogP contribution in [0, 0.1) is 26.6 Å². The van der Waals surface area contributed by atoms with E-state index in [1.807, 2.05) is 39.0 Å². The average Bonchev–Trinajstić information content (AvgIpc) is 2.98. The molecule has 1 aliphatic heterocycles. The molecule has 4 rings (SSSR count). The van der Waals surface area contributed by atoms with E-state index >= 15 is 0 Å². The van der Waals surface area contributed by atoms with Crippen LogP contribution in [0.15, 0.2) is 66.4 Å². The van der Waals surface area contributed by atoms with E-state index in [9.17, 15) is 14.0 Å². The van der Waals surface area contributed by atoms with Crippen molar-refractivity contribution in [3.63, 3.8) is 0 Å². The summed E-state index contributed by atoms with van der Waals surface area (Å²) in [5.41, 5.74) is 4.83. The third-order valence-corrected chi connectivity index (χ3v) is 5.90. The Morgan fingerprint density at radius 3 is 2.26 bits per heavy atom. The number of amides is 2. The Hall–Kier alpha value is -3.44. The van der Waals surface area contributed by atoms with Gasteiger partial charge >= 0.3 is 0 Å². The van der Waals surface area contributed by atoms with Gasteiger partial charge in [0.25, 0.3) is 11.8 Å². The lowest BCUT2D eigenvalue weighted by molar-refractivity contribution is -0.120. The molecule has 3 aromatic rings. The lowest BCUT2D eigenvalue weighted by Gasteiger charge is -2.16. The van der Waals surface area contributed by atoms with Gasteiger partial charge in [-0.05, 0) is 79.4 Å². The number of halogens is 2. The zero-order valence-corrected chi connectivity index (χ0v) is 18.0. The van der Waals surface area contributed by atoms with Gasteiger partial charge < -0.3 is 5.32 Å². The van der Waals surface area contributed by atoms with Crippen molar-refractivity contribution in [1.29, 1.82) is 0 Å². The number of hydrogen-bond donors (Lipinski definition) is 1. The summed E-state index contributed by atoms with van der Waals surface area (Å²) in [6.45, 7) is 5.76. The molecule has 0 spiro atoms. The molecule has 2 amide bonds. The molecule has 0 saturated heterocycles. The monoisotopic (exact) mass is 434 g/mol. The van der Waals surface area contributed by atoms with Crippen molar-refractivity contribution in [3.05, 3.63) is 99.5 Å². The first-order valence-electron chi connectivity index (χ1n) is 9.76. The molecule has 0 aliphatic carbocycles. The van der Waals surface area contributed by atoms with E-state index in [1.165, 1.54) is 24.3 Å². The maximum Gasteiger partial charge on any atom is 0.282 e. The molecule has 31 heavy (non-hydrogen) atoms. The highest BCUT2D eigenvalue weighted by Crippen LogP contribution is 2.35. The van der Waals surface area contributed by atoms with Crippen LogP contribution in [0.4, 0.5) is 15.8 Å². The molecule has 0 saturated carbocycles. The predicted octanol–water partition coefficient (Wildman–Crippen LogP) is 5.80. The lowest BCUT2D eigenvalue weighted by atomic mass is 9.99. The topological polar surface area (TPSA) is 49.4 Å². The van der Waals surface area contributed by atoms with Crippen LogP contribution in [0.5, 0.6) is 0 Å². The van der Waals surface area contributed by atoms with Crippen molar-refractivity contribution >= 4 is 40.4 Å². The van der Waals surface area contributed by atoms with Gasteiger partial charge in [0.2, 0.25) is 0 Å². The minimum atomic E-state index is -0.510. The van der Waals surface area contributed by atoms with Gasteiger partial charge in [-0.3, -0.25) is 9.59 Å². The Morgan fingerprint density at radius 2 is 1.58 bits per heavy atom. The van der Waals surface area contributed by atoms with Crippen LogP contribution in [0.25, 0.3) is 5.57 Å². The summed E-state index contributed by atoms with van der Waals surface area (Å²) in [5, 5.41) is 3.68. The Kier molecular flexibility index (Phi) is 5.38. The maximum absolute atomic E-state index is 13.4. The lowest BCUT2D eigenvalue weighted by Crippen LogP contribution is -2.32. The van der Waals surface area contributed by atoms with Gasteiger partial charge in [-0.2, -0.15) is 0 Å². The number of carbonyl (C=O) groups is 2. The highest BCUT2D eigenvalue weighted by Gasteiger charge is 2.40. The number of hydrogen-bond acceptors (Lipinski definition) is 3. The minimum absolute atomic E-state index is 0.156. The fourth-order valence-corrected chi connectivity index (χ4v) is 3.69. The Balaban J connectivity index is 1.87. The van der Waals surface area contributed by atoms with Crippen molar-refractivity contribution in [3.8, 4) is 0 Å². The van der Waals surface area contributed by atoms with Crippen LogP contribution in [0.1, 0.15) is 22.3 Å². The van der Waals surface area contributed by atoms with Crippen LogP contribution in [-0.4, -0.2) is 11.8 Å². The van der Waals surface area contributed by atoms with Gasteiger partial charge in [0.15, 0.2) is 0 Å². The highest BCUT2D eigenvalue weighted by atomic mass is 35.5. The molecule has 1 heterocycles. The van der Waals surface area contributed by atoms with Crippen molar-refractivity contribution in [1.82, 2.24) is 0 Å². The first-order chi connectivity index (χ1) is 14.8. The van der Waals surface area contributed by atoms with Crippen molar-refractivity contribution in [2.75, 3.05) is 10.2 Å². The predicted molar refractivity (Wildman–Crippen MR) is 122 cm³/mol. The third-order valence-electron chi connectivity index (χ3n) is 5.49. The van der Waals surface area contributed by atoms with Gasteiger partial charge in [-0.1, -0.05) is 35.9 Å². The van der Waals surface area contributed by atoms with Crippen molar-refractivity contribution in [2.24, 2.45) is 0 Å². The second kappa shape index (κ2) is 8.00. The molecule has 6 heteroatoms. The van der Waals surface area contributed by atoms with E-state index in [2.05, 4.69) is 5.32 Å². The number of imide groups is 1. The van der Waals surface area contributed by atoms with E-state index in [0.717, 1.165) is 21.6 Å².